The van der Waals surface area contributed by atoms with Crippen molar-refractivity contribution in [2.45, 2.75) is 6.61 Å². The molecule has 0 aliphatic heterocycles. The van der Waals surface area contributed by atoms with E-state index in [2.05, 4.69) is 5.48 Å². The summed E-state index contributed by atoms with van der Waals surface area (Å²) < 4.78 is 22.5. The normalized spacial score (nSPS) is 11.1. The number of hydrogen-bond donors (Lipinski definition) is 4. The maximum atomic E-state index is 11.6. The molecular weight excluding hydrogens is 335 g/mol. The molecule has 2 rings (SSSR count). The third-order valence-electron chi connectivity index (χ3n) is 3.01. The molecule has 1 amide bonds. The number of nitrogens with one attached hydrogen (secondary N) is 1. The fourth-order valence-electron chi connectivity index (χ4n) is 1.78. The van der Waals surface area contributed by atoms with Crippen molar-refractivity contribution in [3.05, 3.63) is 59.9 Å². The number of hydroxylamine groups is 1. The second-order valence-corrected chi connectivity index (χ2v) is 5.70. The predicted octanol–water partition coefficient (Wildman–Crippen LogP) is -1.20. The number of benzene rings is 1. The first-order valence-electron chi connectivity index (χ1n) is 6.83. The first-order chi connectivity index (χ1) is 11.5. The van der Waals surface area contributed by atoms with Gasteiger partial charge in [0.1, 0.15) is 0 Å². The molecule has 0 aliphatic rings. The molecule has 0 unspecified atom stereocenters. The van der Waals surface area contributed by atoms with E-state index in [0.29, 0.717) is 11.0 Å². The number of hydrogen-bond acceptors (Lipinski definition) is 6. The molecule has 0 radical (unpaired) electrons. The lowest BCUT2D eigenvalue weighted by atomic mass is 9.80. The van der Waals surface area contributed by atoms with Gasteiger partial charge in [-0.3, -0.25) is 13.6 Å². The van der Waals surface area contributed by atoms with Gasteiger partial charge in [-0.15, -0.1) is 0 Å². The lowest BCUT2D eigenvalue weighted by molar-refractivity contribution is -0.129. The highest BCUT2D eigenvalue weighted by molar-refractivity contribution is 7.70. The molecule has 8 nitrogen and oxygen atoms in total. The molecule has 0 aliphatic carbocycles. The minimum Gasteiger partial charge on any atom is -0.423 e. The zero-order valence-electron chi connectivity index (χ0n) is 12.4. The summed E-state index contributed by atoms with van der Waals surface area (Å²) in [5.74, 6) is -0.503. The van der Waals surface area contributed by atoms with Gasteiger partial charge in [-0.2, -0.15) is 0 Å². The van der Waals surface area contributed by atoms with Crippen LogP contribution in [0.5, 0.6) is 0 Å². The summed E-state index contributed by atoms with van der Waals surface area (Å²) in [5, 5.41) is 17.9. The van der Waals surface area contributed by atoms with E-state index in [0.717, 1.165) is 9.54 Å². The first-order valence-corrected chi connectivity index (χ1v) is 7.96. The van der Waals surface area contributed by atoms with Crippen molar-refractivity contribution in [3.8, 4) is 0 Å². The summed E-state index contributed by atoms with van der Waals surface area (Å²) in [7, 11) is -4.24. The van der Waals surface area contributed by atoms with Crippen LogP contribution in [0.4, 0.5) is 0 Å². The van der Waals surface area contributed by atoms with Gasteiger partial charge in [0.05, 0.1) is 6.61 Å². The van der Waals surface area contributed by atoms with Gasteiger partial charge in [0.15, 0.2) is 0 Å². The average molecular weight is 350 g/mol. The zero-order valence-corrected chi connectivity index (χ0v) is 13.3. The largest absolute Gasteiger partial charge is 0.488 e. The van der Waals surface area contributed by atoms with E-state index < -0.39 is 23.9 Å². The van der Waals surface area contributed by atoms with E-state index in [1.54, 1.807) is 18.2 Å². The van der Waals surface area contributed by atoms with Crippen LogP contribution in [0.3, 0.4) is 0 Å². The van der Waals surface area contributed by atoms with Gasteiger partial charge >= 0.3 is 7.12 Å². The molecule has 0 atom stereocenters. The number of rotatable bonds is 7. The van der Waals surface area contributed by atoms with E-state index in [-0.39, 0.29) is 6.61 Å². The Labute approximate surface area is 140 Å². The maximum Gasteiger partial charge on any atom is 0.488 e. The summed E-state index contributed by atoms with van der Waals surface area (Å²) in [4.78, 5) is 16.6. The number of aromatic nitrogens is 1. The van der Waals surface area contributed by atoms with Crippen molar-refractivity contribution in [2.75, 3.05) is 0 Å². The molecule has 0 spiro atoms. The van der Waals surface area contributed by atoms with Crippen molar-refractivity contribution in [1.82, 2.24) is 9.45 Å². The molecule has 2 aromatic rings. The molecule has 0 fully saturated rings. The minimum atomic E-state index is -2.72. The molecule has 0 bridgehead atoms. The Balaban J connectivity index is 1.79. The van der Waals surface area contributed by atoms with Crippen LogP contribution in [-0.2, 0) is 27.1 Å². The average Bonchev–Trinajstić information content (AvgIpc) is 3.03. The van der Waals surface area contributed by atoms with Gasteiger partial charge in [-0.05, 0) is 28.7 Å². The maximum absolute atomic E-state index is 11.6. The highest BCUT2D eigenvalue weighted by Gasteiger charge is 2.09. The Kier molecular flexibility index (Phi) is 6.32. The quantitative estimate of drug-likeness (QED) is 0.216. The lowest BCUT2D eigenvalue weighted by Crippen LogP contribution is -2.29. The number of amides is 1. The predicted molar refractivity (Wildman–Crippen MR) is 88.4 cm³/mol. The van der Waals surface area contributed by atoms with E-state index >= 15 is 0 Å². The second-order valence-electron chi connectivity index (χ2n) is 4.77. The van der Waals surface area contributed by atoms with Gasteiger partial charge in [-0.1, -0.05) is 24.3 Å². The van der Waals surface area contributed by atoms with Crippen LogP contribution >= 0.6 is 0 Å². The number of carbonyl (C=O) groups is 1. The molecular formula is C14H15BN2O6S. The number of nitrogens with zero attached hydrogens (tertiary/aromatic N) is 1. The fourth-order valence-corrected chi connectivity index (χ4v) is 2.19. The molecule has 126 valence electrons. The molecule has 1 aromatic heterocycles. The fraction of sp³-hybridized carbons (Fsp3) is 0.0714. The Hall–Kier alpha value is -2.40. The van der Waals surface area contributed by atoms with Crippen LogP contribution in [0.2, 0.25) is 0 Å². The van der Waals surface area contributed by atoms with Gasteiger partial charge in [0.25, 0.3) is 5.91 Å². The Bertz CT molecular complexity index is 790. The third-order valence-corrected chi connectivity index (χ3v) is 3.63. The molecule has 0 saturated heterocycles. The topological polar surface area (TPSA) is 118 Å². The van der Waals surface area contributed by atoms with Crippen molar-refractivity contribution in [1.29, 1.82) is 0 Å². The summed E-state index contributed by atoms with van der Waals surface area (Å²) in [5.41, 5.74) is 3.87. The molecule has 24 heavy (non-hydrogen) atoms. The van der Waals surface area contributed by atoms with Gasteiger partial charge in [0, 0.05) is 18.5 Å². The molecule has 0 saturated carbocycles. The molecule has 10 heteroatoms. The number of thiol groups is 1. The Morgan fingerprint density at radius 1 is 1.25 bits per heavy atom. The Morgan fingerprint density at radius 2 is 1.96 bits per heavy atom. The SMILES string of the molecule is O=C(/C=C/c1ccn([SH](=O)=O)c1)NOCc1ccc(B(O)O)cc1. The van der Waals surface area contributed by atoms with Crippen LogP contribution in [-0.4, -0.2) is 35.5 Å². The lowest BCUT2D eigenvalue weighted by Gasteiger charge is -2.05. The highest BCUT2D eigenvalue weighted by atomic mass is 32.2. The van der Waals surface area contributed by atoms with Crippen LogP contribution in [0, 0.1) is 0 Å². The second kappa shape index (κ2) is 8.46. The van der Waals surface area contributed by atoms with Gasteiger partial charge in [0.2, 0.25) is 10.9 Å². The first kappa shape index (κ1) is 18.0. The summed E-state index contributed by atoms with van der Waals surface area (Å²) >= 11 is 0. The standard InChI is InChI=1S/C14H15BN2O6S/c18-14(6-3-11-7-8-17(9-11)24(21)22)16-23-10-12-1-4-13(5-2-12)15(19)20/h1-9,19-20,24H,10H2,(H,16,18)/b6-3+. The summed E-state index contributed by atoms with van der Waals surface area (Å²) in [6.45, 7) is 0.106. The van der Waals surface area contributed by atoms with Crippen LogP contribution < -0.4 is 10.9 Å². The van der Waals surface area contributed by atoms with Crippen LogP contribution in [0.15, 0.2) is 48.8 Å². The monoisotopic (exact) mass is 350 g/mol. The van der Waals surface area contributed by atoms with Crippen molar-refractivity contribution in [3.63, 3.8) is 0 Å². The third kappa shape index (κ3) is 5.35. The molecule has 3 N–H and O–H groups in total. The van der Waals surface area contributed by atoms with Gasteiger partial charge in [-0.25, -0.2) is 13.9 Å². The molecule has 1 aromatic carbocycles. The Morgan fingerprint density at radius 3 is 2.54 bits per heavy atom. The van der Waals surface area contributed by atoms with Crippen molar-refractivity contribution in [2.24, 2.45) is 0 Å². The van der Waals surface area contributed by atoms with E-state index in [1.165, 1.54) is 36.7 Å². The number of carbonyl (C=O) groups excluding carboxylic acids is 1. The van der Waals surface area contributed by atoms with Gasteiger partial charge < -0.3 is 10.0 Å². The van der Waals surface area contributed by atoms with Crippen LogP contribution in [0.25, 0.3) is 6.08 Å². The van der Waals surface area contributed by atoms with Crippen molar-refractivity contribution >= 4 is 35.5 Å². The highest BCUT2D eigenvalue weighted by Crippen LogP contribution is 2.03. The molecule has 1 heterocycles. The van der Waals surface area contributed by atoms with Crippen molar-refractivity contribution < 1.29 is 28.1 Å². The van der Waals surface area contributed by atoms with E-state index in [4.69, 9.17) is 14.9 Å². The van der Waals surface area contributed by atoms with Crippen LogP contribution in [0.1, 0.15) is 11.1 Å². The minimum absolute atomic E-state index is 0.106. The summed E-state index contributed by atoms with van der Waals surface area (Å²) in [6.07, 6.45) is 5.40. The van der Waals surface area contributed by atoms with E-state index in [9.17, 15) is 13.2 Å². The zero-order chi connectivity index (χ0) is 17.5. The summed E-state index contributed by atoms with van der Waals surface area (Å²) in [6, 6.07) is 7.91. The smallest absolute Gasteiger partial charge is 0.423 e. The van der Waals surface area contributed by atoms with E-state index in [1.807, 2.05) is 0 Å².